The van der Waals surface area contributed by atoms with Crippen molar-refractivity contribution in [1.29, 1.82) is 0 Å². The van der Waals surface area contributed by atoms with Crippen molar-refractivity contribution in [3.8, 4) is 0 Å². The van der Waals surface area contributed by atoms with Gasteiger partial charge in [0.05, 0.1) is 0 Å². The summed E-state index contributed by atoms with van der Waals surface area (Å²) in [6.07, 6.45) is 1.00. The van der Waals surface area contributed by atoms with Crippen LogP contribution in [-0.4, -0.2) is 22.9 Å². The molecule has 1 fully saturated rings. The number of rotatable bonds is 5. The Morgan fingerprint density at radius 2 is 2.04 bits per heavy atom. The number of hydrogen-bond acceptors (Lipinski definition) is 1. The maximum atomic E-state index is 11.3. The van der Waals surface area contributed by atoms with Crippen molar-refractivity contribution in [1.82, 2.24) is 9.88 Å². The molecule has 0 bridgehead atoms. The van der Waals surface area contributed by atoms with Gasteiger partial charge in [-0.25, -0.2) is 0 Å². The number of carbonyl (C=O) groups is 1. The number of nitrogens with zero attached hydrogens (tertiary/aromatic N) is 1. The van der Waals surface area contributed by atoms with Crippen molar-refractivity contribution in [2.24, 2.45) is 18.4 Å². The Labute approximate surface area is 143 Å². The predicted molar refractivity (Wildman–Crippen MR) is 96.0 cm³/mol. The van der Waals surface area contributed by atoms with Crippen molar-refractivity contribution in [3.05, 3.63) is 35.5 Å². The molecule has 1 aliphatic rings. The summed E-state index contributed by atoms with van der Waals surface area (Å²) in [5, 5.41) is 4.27. The van der Waals surface area contributed by atoms with Crippen LogP contribution in [0, 0.1) is 18.3 Å². The van der Waals surface area contributed by atoms with E-state index in [4.69, 9.17) is 11.6 Å². The first-order chi connectivity index (χ1) is 10.9. The van der Waals surface area contributed by atoms with E-state index in [1.165, 1.54) is 22.2 Å². The molecule has 0 radical (unpaired) electrons. The lowest BCUT2D eigenvalue weighted by Gasteiger charge is -2.04. The van der Waals surface area contributed by atoms with Crippen molar-refractivity contribution < 1.29 is 4.79 Å². The minimum Gasteiger partial charge on any atom is -0.355 e. The molecule has 0 spiro atoms. The van der Waals surface area contributed by atoms with Gasteiger partial charge in [-0.3, -0.25) is 4.79 Å². The molecule has 1 heterocycles. The molecule has 3 nitrogen and oxygen atoms in total. The second-order valence-electron chi connectivity index (χ2n) is 7.25. The van der Waals surface area contributed by atoms with Crippen molar-refractivity contribution in [3.63, 3.8) is 0 Å². The SMILES string of the molecule is Cc1c([C@@H]2[C@@H](CCNC(=O)CCl)C2(C)C)c2ccccc2n1C. The van der Waals surface area contributed by atoms with Gasteiger partial charge in [0.25, 0.3) is 0 Å². The van der Waals surface area contributed by atoms with Crippen molar-refractivity contribution >= 4 is 28.4 Å². The van der Waals surface area contributed by atoms with E-state index in [0.29, 0.717) is 18.4 Å². The topological polar surface area (TPSA) is 34.0 Å². The highest BCUT2D eigenvalue weighted by Gasteiger charge is 2.58. The van der Waals surface area contributed by atoms with Gasteiger partial charge in [0.15, 0.2) is 0 Å². The lowest BCUT2D eigenvalue weighted by molar-refractivity contribution is -0.118. The average molecular weight is 333 g/mol. The molecule has 2 aromatic rings. The quantitative estimate of drug-likeness (QED) is 0.826. The number of nitrogens with one attached hydrogen (secondary N) is 1. The number of halogens is 1. The number of aromatic nitrogens is 1. The van der Waals surface area contributed by atoms with Crippen LogP contribution in [0.4, 0.5) is 0 Å². The van der Waals surface area contributed by atoms with Crippen molar-refractivity contribution in [2.75, 3.05) is 12.4 Å². The van der Waals surface area contributed by atoms with E-state index in [0.717, 1.165) is 6.42 Å². The van der Waals surface area contributed by atoms with Gasteiger partial charge in [-0.15, -0.1) is 11.6 Å². The predicted octanol–water partition coefficient (Wildman–Crippen LogP) is 3.97. The Hall–Kier alpha value is -1.48. The molecule has 1 aliphatic carbocycles. The maximum Gasteiger partial charge on any atom is 0.234 e. The highest BCUT2D eigenvalue weighted by Crippen LogP contribution is 2.67. The van der Waals surface area contributed by atoms with E-state index in [-0.39, 0.29) is 17.2 Å². The number of hydrogen-bond donors (Lipinski definition) is 1. The fraction of sp³-hybridized carbons (Fsp3) is 0.526. The zero-order chi connectivity index (χ0) is 16.8. The number of para-hydroxylation sites is 1. The molecule has 23 heavy (non-hydrogen) atoms. The zero-order valence-corrected chi connectivity index (χ0v) is 15.1. The van der Waals surface area contributed by atoms with Crippen LogP contribution in [0.3, 0.4) is 0 Å². The molecule has 0 unspecified atom stereocenters. The highest BCUT2D eigenvalue weighted by molar-refractivity contribution is 6.27. The Balaban J connectivity index is 1.85. The second-order valence-corrected chi connectivity index (χ2v) is 7.52. The molecule has 2 atom stereocenters. The van der Waals surface area contributed by atoms with Gasteiger partial charge >= 0.3 is 0 Å². The van der Waals surface area contributed by atoms with Gasteiger partial charge in [0.2, 0.25) is 5.91 Å². The summed E-state index contributed by atoms with van der Waals surface area (Å²) in [6, 6.07) is 8.65. The summed E-state index contributed by atoms with van der Waals surface area (Å²) < 4.78 is 2.30. The zero-order valence-electron chi connectivity index (χ0n) is 14.3. The van der Waals surface area contributed by atoms with Gasteiger partial charge in [-0.2, -0.15) is 0 Å². The third-order valence-corrected chi connectivity index (χ3v) is 5.95. The molecule has 124 valence electrons. The maximum absolute atomic E-state index is 11.3. The average Bonchev–Trinajstić information content (AvgIpc) is 2.97. The molecule has 1 aromatic heterocycles. The van der Waals surface area contributed by atoms with Gasteiger partial charge < -0.3 is 9.88 Å². The Kier molecular flexibility index (Phi) is 4.18. The third-order valence-electron chi connectivity index (χ3n) is 5.71. The van der Waals surface area contributed by atoms with Gasteiger partial charge in [-0.05, 0) is 42.2 Å². The molecule has 1 aromatic carbocycles. The Bertz CT molecular complexity index is 747. The lowest BCUT2D eigenvalue weighted by atomic mass is 10.0. The van der Waals surface area contributed by atoms with Crippen molar-refractivity contribution in [2.45, 2.75) is 33.1 Å². The molecule has 1 N–H and O–H groups in total. The third kappa shape index (κ3) is 2.65. The first-order valence-electron chi connectivity index (χ1n) is 8.26. The molecule has 0 saturated heterocycles. The largest absolute Gasteiger partial charge is 0.355 e. The van der Waals surface area contributed by atoms with Gasteiger partial charge in [0.1, 0.15) is 5.88 Å². The van der Waals surface area contributed by atoms with E-state index >= 15 is 0 Å². The van der Waals surface area contributed by atoms with Gasteiger partial charge in [0, 0.05) is 30.2 Å². The van der Waals surface area contributed by atoms with Crippen LogP contribution in [0.5, 0.6) is 0 Å². The number of benzene rings is 1. The first-order valence-corrected chi connectivity index (χ1v) is 8.79. The summed E-state index contributed by atoms with van der Waals surface area (Å²) in [4.78, 5) is 11.3. The summed E-state index contributed by atoms with van der Waals surface area (Å²) >= 11 is 5.54. The molecule has 4 heteroatoms. The van der Waals surface area contributed by atoms with Crippen LogP contribution < -0.4 is 5.32 Å². The van der Waals surface area contributed by atoms with E-state index in [1.807, 2.05) is 0 Å². The minimum atomic E-state index is -0.0805. The number of alkyl halides is 1. The summed E-state index contributed by atoms with van der Waals surface area (Å²) in [5.41, 5.74) is 4.43. The Morgan fingerprint density at radius 3 is 2.74 bits per heavy atom. The monoisotopic (exact) mass is 332 g/mol. The molecular formula is C19H25ClN2O. The normalized spacial score (nSPS) is 22.3. The van der Waals surface area contributed by atoms with Crippen LogP contribution >= 0.6 is 11.6 Å². The molecule has 0 aliphatic heterocycles. The van der Waals surface area contributed by atoms with E-state index < -0.39 is 0 Å². The van der Waals surface area contributed by atoms with Crippen LogP contribution in [0.2, 0.25) is 0 Å². The molecular weight excluding hydrogens is 308 g/mol. The van der Waals surface area contributed by atoms with E-state index in [9.17, 15) is 4.79 Å². The van der Waals surface area contributed by atoms with Crippen LogP contribution in [0.25, 0.3) is 10.9 Å². The smallest absolute Gasteiger partial charge is 0.234 e. The molecule has 1 saturated carbocycles. The number of carbonyl (C=O) groups excluding carboxylic acids is 1. The van der Waals surface area contributed by atoms with Gasteiger partial charge in [-0.1, -0.05) is 32.0 Å². The molecule has 1 amide bonds. The van der Waals surface area contributed by atoms with E-state index in [1.54, 1.807) is 0 Å². The fourth-order valence-corrected chi connectivity index (χ4v) is 4.31. The molecule has 3 rings (SSSR count). The van der Waals surface area contributed by atoms with E-state index in [2.05, 4.69) is 62.0 Å². The van der Waals surface area contributed by atoms with Crippen LogP contribution in [-0.2, 0) is 11.8 Å². The fourth-order valence-electron chi connectivity index (χ4n) is 4.21. The van der Waals surface area contributed by atoms with Crippen LogP contribution in [0.15, 0.2) is 24.3 Å². The number of amides is 1. The second kappa shape index (κ2) is 5.86. The summed E-state index contributed by atoms with van der Waals surface area (Å²) in [6.45, 7) is 7.61. The first kappa shape index (κ1) is 16.4. The number of fused-ring (bicyclic) bond motifs is 1. The minimum absolute atomic E-state index is 0.0416. The van der Waals surface area contributed by atoms with Crippen LogP contribution in [0.1, 0.15) is 37.4 Å². The summed E-state index contributed by atoms with van der Waals surface area (Å²) in [5.74, 6) is 1.12. The Morgan fingerprint density at radius 1 is 1.35 bits per heavy atom. The highest BCUT2D eigenvalue weighted by atomic mass is 35.5. The number of aryl methyl sites for hydroxylation is 1. The standard InChI is InChI=1S/C19H25ClN2O/c1-12-17(13-7-5-6-8-15(13)22(12)4)18-14(19(18,2)3)9-10-21-16(23)11-20/h5-8,14,18H,9-11H2,1-4H3,(H,21,23)/t14-,18+/m1/s1. The summed E-state index contributed by atoms with van der Waals surface area (Å²) in [7, 11) is 2.15. The lowest BCUT2D eigenvalue weighted by Crippen LogP contribution is -2.25.